The summed E-state index contributed by atoms with van der Waals surface area (Å²) < 4.78 is 5.26. The normalized spacial score (nSPS) is 11.9. The molecule has 0 aliphatic heterocycles. The second-order valence-electron chi connectivity index (χ2n) is 6.31. The highest BCUT2D eigenvalue weighted by Gasteiger charge is 2.19. The molecule has 0 spiro atoms. The largest absolute Gasteiger partial charge is 0.497 e. The first-order valence-corrected chi connectivity index (χ1v) is 8.73. The molecule has 2 aromatic rings. The minimum atomic E-state index is -0.873. The number of rotatable bonds is 10. The number of benzene rings is 2. The van der Waals surface area contributed by atoms with Crippen LogP contribution in [0.25, 0.3) is 10.8 Å². The predicted molar refractivity (Wildman–Crippen MR) is 101 cm³/mol. The van der Waals surface area contributed by atoms with Gasteiger partial charge in [-0.15, -0.1) is 0 Å². The number of hydrogen-bond donors (Lipinski definition) is 3. The maximum Gasteiger partial charge on any atom is 0.310 e. The summed E-state index contributed by atoms with van der Waals surface area (Å²) >= 11 is 0. The number of carboxylic acid groups (broad SMARTS) is 2. The van der Waals surface area contributed by atoms with Gasteiger partial charge in [-0.2, -0.15) is 0 Å². The van der Waals surface area contributed by atoms with Crippen LogP contribution in [0.1, 0.15) is 44.1 Å². The average molecular weight is 359 g/mol. The van der Waals surface area contributed by atoms with Gasteiger partial charge in [-0.3, -0.25) is 9.59 Å². The van der Waals surface area contributed by atoms with Crippen molar-refractivity contribution in [3.8, 4) is 5.75 Å². The first-order valence-electron chi connectivity index (χ1n) is 8.73. The molecule has 0 aromatic heterocycles. The smallest absolute Gasteiger partial charge is 0.310 e. The van der Waals surface area contributed by atoms with Crippen LogP contribution in [0.4, 0.5) is 5.69 Å². The zero-order chi connectivity index (χ0) is 19.1. The van der Waals surface area contributed by atoms with Crippen molar-refractivity contribution in [3.63, 3.8) is 0 Å². The van der Waals surface area contributed by atoms with E-state index in [0.717, 1.165) is 40.6 Å². The number of methoxy groups -OCH3 is 1. The van der Waals surface area contributed by atoms with Gasteiger partial charge in [-0.1, -0.05) is 18.6 Å². The topological polar surface area (TPSA) is 95.9 Å². The molecule has 0 amide bonds. The molecule has 6 heteroatoms. The Labute approximate surface area is 152 Å². The van der Waals surface area contributed by atoms with Crippen molar-refractivity contribution in [1.29, 1.82) is 0 Å². The minimum absolute atomic E-state index is 0.176. The molecular weight excluding hydrogens is 334 g/mol. The summed E-state index contributed by atoms with van der Waals surface area (Å²) in [4.78, 5) is 22.0. The molecule has 2 aromatic carbocycles. The number of ether oxygens (including phenoxy) is 1. The van der Waals surface area contributed by atoms with Gasteiger partial charge in [-0.25, -0.2) is 0 Å². The van der Waals surface area contributed by atoms with E-state index in [4.69, 9.17) is 9.84 Å². The first kappa shape index (κ1) is 19.6. The molecule has 0 saturated heterocycles. The molecule has 0 unspecified atom stereocenters. The second kappa shape index (κ2) is 9.08. The summed E-state index contributed by atoms with van der Waals surface area (Å²) in [7, 11) is 1.61. The molecule has 0 saturated carbocycles. The van der Waals surface area contributed by atoms with Crippen LogP contribution in [0.5, 0.6) is 5.75 Å². The van der Waals surface area contributed by atoms with E-state index in [0.29, 0.717) is 13.0 Å². The molecule has 0 heterocycles. The summed E-state index contributed by atoms with van der Waals surface area (Å²) in [6.07, 6.45) is 2.44. The lowest BCUT2D eigenvalue weighted by Gasteiger charge is -2.18. The van der Waals surface area contributed by atoms with Crippen molar-refractivity contribution in [1.82, 2.24) is 0 Å². The Morgan fingerprint density at radius 1 is 1.12 bits per heavy atom. The number of aliphatic carboxylic acids is 2. The van der Waals surface area contributed by atoms with E-state index in [1.807, 2.05) is 30.3 Å². The van der Waals surface area contributed by atoms with Crippen LogP contribution in [-0.2, 0) is 9.59 Å². The fraction of sp³-hybridized carbons (Fsp3) is 0.400. The summed E-state index contributed by atoms with van der Waals surface area (Å²) in [6, 6.07) is 9.45. The van der Waals surface area contributed by atoms with Crippen LogP contribution in [0, 0.1) is 0 Å². The monoisotopic (exact) mass is 359 g/mol. The van der Waals surface area contributed by atoms with Crippen molar-refractivity contribution in [2.45, 2.75) is 38.5 Å². The molecule has 140 valence electrons. The number of nitrogens with one attached hydrogen (secondary N) is 1. The first-order chi connectivity index (χ1) is 12.4. The molecule has 0 radical (unpaired) electrons. The standard InChI is InChI=1S/C20H25NO5/c1-13(20(24)25)16-9-7-14-12-15(26-2)8-10-17(14)19(16)21-11-5-3-4-6-18(22)23/h7-10,12-13,21H,3-6,11H2,1-2H3,(H,22,23)(H,24,25)/t13-/m0/s1. The van der Waals surface area contributed by atoms with E-state index in [1.165, 1.54) is 0 Å². The zero-order valence-corrected chi connectivity index (χ0v) is 15.1. The Kier molecular flexibility index (Phi) is 6.83. The fourth-order valence-corrected chi connectivity index (χ4v) is 2.93. The number of fused-ring (bicyclic) bond motifs is 1. The van der Waals surface area contributed by atoms with Crippen molar-refractivity contribution >= 4 is 28.4 Å². The summed E-state index contributed by atoms with van der Waals surface area (Å²) in [5.41, 5.74) is 1.55. The summed E-state index contributed by atoms with van der Waals surface area (Å²) in [5, 5.41) is 23.4. The van der Waals surface area contributed by atoms with E-state index >= 15 is 0 Å². The number of carboxylic acids is 2. The van der Waals surface area contributed by atoms with Gasteiger partial charge in [0, 0.05) is 24.0 Å². The van der Waals surface area contributed by atoms with E-state index in [2.05, 4.69) is 5.32 Å². The number of carbonyl (C=O) groups is 2. The van der Waals surface area contributed by atoms with E-state index in [-0.39, 0.29) is 6.42 Å². The van der Waals surface area contributed by atoms with Crippen molar-refractivity contribution < 1.29 is 24.5 Å². The van der Waals surface area contributed by atoms with Gasteiger partial charge in [0.15, 0.2) is 0 Å². The van der Waals surface area contributed by atoms with Gasteiger partial charge in [0.25, 0.3) is 0 Å². The Hall–Kier alpha value is -2.76. The maximum atomic E-state index is 11.5. The molecule has 26 heavy (non-hydrogen) atoms. The lowest BCUT2D eigenvalue weighted by Crippen LogP contribution is -2.12. The third-order valence-electron chi connectivity index (χ3n) is 4.47. The highest BCUT2D eigenvalue weighted by atomic mass is 16.5. The van der Waals surface area contributed by atoms with Gasteiger partial charge >= 0.3 is 11.9 Å². The van der Waals surface area contributed by atoms with Crippen LogP contribution in [0.3, 0.4) is 0 Å². The molecule has 6 nitrogen and oxygen atoms in total. The van der Waals surface area contributed by atoms with Gasteiger partial charge in [0.05, 0.1) is 13.0 Å². The summed E-state index contributed by atoms with van der Waals surface area (Å²) in [5.74, 6) is -1.53. The van der Waals surface area contributed by atoms with Crippen molar-refractivity contribution in [2.24, 2.45) is 0 Å². The molecule has 0 bridgehead atoms. The van der Waals surface area contributed by atoms with Crippen LogP contribution in [0.15, 0.2) is 30.3 Å². The lowest BCUT2D eigenvalue weighted by atomic mass is 9.94. The molecule has 0 fully saturated rings. The Morgan fingerprint density at radius 2 is 1.88 bits per heavy atom. The van der Waals surface area contributed by atoms with Gasteiger partial charge in [0.2, 0.25) is 0 Å². The fourth-order valence-electron chi connectivity index (χ4n) is 2.93. The van der Waals surface area contributed by atoms with Gasteiger partial charge < -0.3 is 20.3 Å². The number of unbranched alkanes of at least 4 members (excludes halogenated alkanes) is 2. The minimum Gasteiger partial charge on any atom is -0.497 e. The number of anilines is 1. The van der Waals surface area contributed by atoms with E-state index in [1.54, 1.807) is 14.0 Å². The van der Waals surface area contributed by atoms with Crippen LogP contribution in [-0.4, -0.2) is 35.8 Å². The molecule has 0 aliphatic carbocycles. The number of hydrogen-bond acceptors (Lipinski definition) is 4. The zero-order valence-electron chi connectivity index (χ0n) is 15.1. The Bertz CT molecular complexity index is 787. The van der Waals surface area contributed by atoms with Gasteiger partial charge in [0.1, 0.15) is 5.75 Å². The second-order valence-corrected chi connectivity index (χ2v) is 6.31. The van der Waals surface area contributed by atoms with Crippen LogP contribution < -0.4 is 10.1 Å². The average Bonchev–Trinajstić information content (AvgIpc) is 2.62. The quantitative estimate of drug-likeness (QED) is 0.553. The van der Waals surface area contributed by atoms with Crippen LogP contribution in [0.2, 0.25) is 0 Å². The molecule has 2 rings (SSSR count). The van der Waals surface area contributed by atoms with Crippen LogP contribution >= 0.6 is 0 Å². The highest BCUT2D eigenvalue weighted by Crippen LogP contribution is 2.34. The molecule has 1 atom stereocenters. The van der Waals surface area contributed by atoms with Crippen molar-refractivity contribution in [2.75, 3.05) is 19.0 Å². The molecular formula is C20H25NO5. The molecule has 0 aliphatic rings. The summed E-state index contributed by atoms with van der Waals surface area (Å²) in [6.45, 7) is 2.33. The highest BCUT2D eigenvalue weighted by molar-refractivity contribution is 5.98. The molecule has 3 N–H and O–H groups in total. The third-order valence-corrected chi connectivity index (χ3v) is 4.47. The predicted octanol–water partition coefficient (Wildman–Crippen LogP) is 4.09. The Morgan fingerprint density at radius 3 is 2.54 bits per heavy atom. The van der Waals surface area contributed by atoms with Crippen molar-refractivity contribution in [3.05, 3.63) is 35.9 Å². The third kappa shape index (κ3) is 4.88. The Balaban J connectivity index is 2.22. The van der Waals surface area contributed by atoms with E-state index < -0.39 is 17.9 Å². The van der Waals surface area contributed by atoms with Gasteiger partial charge in [-0.05, 0) is 48.9 Å². The lowest BCUT2D eigenvalue weighted by molar-refractivity contribution is -0.138. The van der Waals surface area contributed by atoms with E-state index in [9.17, 15) is 14.7 Å². The SMILES string of the molecule is COc1ccc2c(NCCCCCC(=O)O)c([C@H](C)C(=O)O)ccc2c1. The maximum absolute atomic E-state index is 11.5.